The molecule has 0 saturated carbocycles. The van der Waals surface area contributed by atoms with Gasteiger partial charge in [-0.1, -0.05) is 11.6 Å². The molecule has 0 atom stereocenters. The van der Waals surface area contributed by atoms with Gasteiger partial charge in [0.1, 0.15) is 5.02 Å². The van der Waals surface area contributed by atoms with Crippen LogP contribution in [0.1, 0.15) is 16.8 Å². The van der Waals surface area contributed by atoms with E-state index in [1.807, 2.05) is 5.32 Å². The number of aromatic nitrogens is 2. The number of alkyl halides is 10. The monoisotopic (exact) mass is 581 g/mol. The summed E-state index contributed by atoms with van der Waals surface area (Å²) in [6.07, 6.45) is -15.8. The van der Waals surface area contributed by atoms with Gasteiger partial charge in [-0.05, 0) is 42.5 Å². The standard InChI is InChI=1S/C20H10Cl2F9N3OS/c21-8-36-11-4-2-10(3-5-11)34-16(35)14(22)15(20(29,30)31)33-17(34)32-13-6-1-9(18(23,24)25)7-12(13)19(26,27)28/h1-7H,8H2,(H,32,33). The van der Waals surface area contributed by atoms with Crippen molar-refractivity contribution in [3.8, 4) is 5.69 Å². The molecule has 0 saturated heterocycles. The lowest BCUT2D eigenvalue weighted by Crippen LogP contribution is -2.28. The van der Waals surface area contributed by atoms with Crippen LogP contribution in [0.5, 0.6) is 0 Å². The van der Waals surface area contributed by atoms with E-state index in [1.165, 1.54) is 24.3 Å². The summed E-state index contributed by atoms with van der Waals surface area (Å²) in [5, 5.41) is 0.706. The molecule has 16 heteroatoms. The molecule has 0 radical (unpaired) electrons. The molecule has 0 unspecified atom stereocenters. The summed E-state index contributed by atoms with van der Waals surface area (Å²) < 4.78 is 120. The summed E-state index contributed by atoms with van der Waals surface area (Å²) in [4.78, 5) is 16.6. The van der Waals surface area contributed by atoms with Crippen molar-refractivity contribution in [2.45, 2.75) is 23.4 Å². The molecule has 194 valence electrons. The topological polar surface area (TPSA) is 46.9 Å². The van der Waals surface area contributed by atoms with Gasteiger partial charge in [-0.3, -0.25) is 4.79 Å². The van der Waals surface area contributed by atoms with Crippen LogP contribution in [0.2, 0.25) is 5.02 Å². The summed E-state index contributed by atoms with van der Waals surface area (Å²) in [5.41, 5.74) is -8.12. The molecule has 0 aliphatic carbocycles. The number of rotatable bonds is 5. The van der Waals surface area contributed by atoms with E-state index in [2.05, 4.69) is 4.98 Å². The van der Waals surface area contributed by atoms with Crippen LogP contribution in [0.3, 0.4) is 0 Å². The number of thioether (sulfide) groups is 1. The molecule has 0 aliphatic rings. The van der Waals surface area contributed by atoms with Crippen molar-refractivity contribution in [2.75, 3.05) is 10.5 Å². The number of anilines is 2. The Morgan fingerprint density at radius 1 is 0.889 bits per heavy atom. The highest BCUT2D eigenvalue weighted by Gasteiger charge is 2.40. The van der Waals surface area contributed by atoms with Crippen molar-refractivity contribution in [1.29, 1.82) is 0 Å². The average Bonchev–Trinajstić information content (AvgIpc) is 2.75. The van der Waals surface area contributed by atoms with Gasteiger partial charge in [-0.25, -0.2) is 9.55 Å². The Morgan fingerprint density at radius 2 is 1.50 bits per heavy atom. The fourth-order valence-corrected chi connectivity index (χ4v) is 4.02. The number of hydrogen-bond donors (Lipinski definition) is 1. The van der Waals surface area contributed by atoms with Crippen LogP contribution in [0.25, 0.3) is 5.69 Å². The highest BCUT2D eigenvalue weighted by molar-refractivity contribution is 8.00. The van der Waals surface area contributed by atoms with Crippen LogP contribution >= 0.6 is 35.0 Å². The van der Waals surface area contributed by atoms with Gasteiger partial charge in [0.2, 0.25) is 5.95 Å². The molecule has 1 aromatic heterocycles. The van der Waals surface area contributed by atoms with E-state index >= 15 is 0 Å². The molecular weight excluding hydrogens is 572 g/mol. The third-order valence-corrected chi connectivity index (χ3v) is 5.89. The predicted molar refractivity (Wildman–Crippen MR) is 116 cm³/mol. The van der Waals surface area contributed by atoms with Crippen molar-refractivity contribution in [1.82, 2.24) is 9.55 Å². The highest BCUT2D eigenvalue weighted by Crippen LogP contribution is 2.41. The number of nitrogens with zero attached hydrogens (tertiary/aromatic N) is 2. The first-order valence-electron chi connectivity index (χ1n) is 9.28. The summed E-state index contributed by atoms with van der Waals surface area (Å²) in [7, 11) is 0. The van der Waals surface area contributed by atoms with Gasteiger partial charge in [0.15, 0.2) is 5.69 Å². The van der Waals surface area contributed by atoms with Gasteiger partial charge in [0.05, 0.1) is 27.7 Å². The summed E-state index contributed by atoms with van der Waals surface area (Å²) in [5.74, 6) is -1.07. The minimum Gasteiger partial charge on any atom is -0.325 e. The van der Waals surface area contributed by atoms with Gasteiger partial charge >= 0.3 is 18.5 Å². The Kier molecular flexibility index (Phi) is 7.82. The van der Waals surface area contributed by atoms with E-state index < -0.39 is 57.6 Å². The molecule has 0 aliphatic heterocycles. The SMILES string of the molecule is O=c1c(Cl)c(C(F)(F)F)nc(Nc2ccc(C(F)(F)F)cc2C(F)(F)F)n1-c1ccc(SCCl)cc1. The van der Waals surface area contributed by atoms with Gasteiger partial charge < -0.3 is 5.32 Å². The maximum absolute atomic E-state index is 13.6. The lowest BCUT2D eigenvalue weighted by molar-refractivity contribution is -0.143. The fourth-order valence-electron chi connectivity index (χ4n) is 2.95. The van der Waals surface area contributed by atoms with Crippen LogP contribution < -0.4 is 10.9 Å². The summed E-state index contributed by atoms with van der Waals surface area (Å²) in [6, 6.07) is 5.76. The second-order valence-corrected chi connectivity index (χ2v) is 8.88. The van der Waals surface area contributed by atoms with E-state index in [0.717, 1.165) is 11.8 Å². The first-order valence-corrected chi connectivity index (χ1v) is 11.2. The van der Waals surface area contributed by atoms with Crippen molar-refractivity contribution < 1.29 is 39.5 Å². The molecule has 1 N–H and O–H groups in total. The maximum atomic E-state index is 13.6. The largest absolute Gasteiger partial charge is 0.435 e. The second kappa shape index (κ2) is 10.1. The molecule has 36 heavy (non-hydrogen) atoms. The molecule has 3 rings (SSSR count). The maximum Gasteiger partial charge on any atom is 0.435 e. The van der Waals surface area contributed by atoms with Crippen molar-refractivity contribution >= 4 is 46.6 Å². The summed E-state index contributed by atoms with van der Waals surface area (Å²) >= 11 is 12.4. The van der Waals surface area contributed by atoms with E-state index in [0.29, 0.717) is 21.6 Å². The second-order valence-electron chi connectivity index (χ2n) is 6.86. The van der Waals surface area contributed by atoms with Crippen molar-refractivity contribution in [2.24, 2.45) is 0 Å². The minimum atomic E-state index is -5.35. The molecule has 0 spiro atoms. The molecule has 0 fully saturated rings. The lowest BCUT2D eigenvalue weighted by atomic mass is 10.1. The van der Waals surface area contributed by atoms with Gasteiger partial charge in [0, 0.05) is 4.90 Å². The predicted octanol–water partition coefficient (Wildman–Crippen LogP) is 7.97. The van der Waals surface area contributed by atoms with Gasteiger partial charge in [-0.15, -0.1) is 23.4 Å². The number of benzene rings is 2. The van der Waals surface area contributed by atoms with Crippen molar-refractivity contribution in [3.63, 3.8) is 0 Å². The van der Waals surface area contributed by atoms with E-state index in [1.54, 1.807) is 0 Å². The molecule has 3 aromatic rings. The quantitative estimate of drug-likeness (QED) is 0.188. The average molecular weight is 582 g/mol. The Labute approximate surface area is 210 Å². The Hall–Kier alpha value is -2.58. The van der Waals surface area contributed by atoms with Gasteiger partial charge in [-0.2, -0.15) is 39.5 Å². The van der Waals surface area contributed by atoms with Crippen LogP contribution in [0.15, 0.2) is 52.2 Å². The van der Waals surface area contributed by atoms with Crippen molar-refractivity contribution in [3.05, 3.63) is 74.7 Å². The lowest BCUT2D eigenvalue weighted by Gasteiger charge is -2.20. The molecule has 2 aromatic carbocycles. The number of halogens is 11. The first-order chi connectivity index (χ1) is 16.5. The Morgan fingerprint density at radius 3 is 2.00 bits per heavy atom. The van der Waals surface area contributed by atoms with E-state index in [4.69, 9.17) is 23.2 Å². The zero-order chi connectivity index (χ0) is 27.1. The zero-order valence-corrected chi connectivity index (χ0v) is 19.4. The zero-order valence-electron chi connectivity index (χ0n) is 17.1. The van der Waals surface area contributed by atoms with Crippen LogP contribution in [0, 0.1) is 0 Å². The van der Waals surface area contributed by atoms with Crippen LogP contribution in [-0.4, -0.2) is 14.8 Å². The number of nitrogens with one attached hydrogen (secondary N) is 1. The molecular formula is C20H10Cl2F9N3OS. The highest BCUT2D eigenvalue weighted by atomic mass is 35.5. The van der Waals surface area contributed by atoms with E-state index in [9.17, 15) is 44.3 Å². The van der Waals surface area contributed by atoms with Gasteiger partial charge in [0.25, 0.3) is 5.56 Å². The third kappa shape index (κ3) is 6.03. The fraction of sp³-hybridized carbons (Fsp3) is 0.200. The smallest absolute Gasteiger partial charge is 0.325 e. The minimum absolute atomic E-state index is 0.147. The summed E-state index contributed by atoms with van der Waals surface area (Å²) in [6.45, 7) is 0. The molecule has 0 bridgehead atoms. The normalized spacial score (nSPS) is 12.6. The first kappa shape index (κ1) is 28.0. The van der Waals surface area contributed by atoms with Crippen LogP contribution in [-0.2, 0) is 18.5 Å². The van der Waals surface area contributed by atoms with E-state index in [-0.39, 0.29) is 17.0 Å². The third-order valence-electron chi connectivity index (χ3n) is 4.51. The number of hydrogen-bond acceptors (Lipinski definition) is 4. The Bertz CT molecular complexity index is 1320. The van der Waals surface area contributed by atoms with Crippen LogP contribution in [0.4, 0.5) is 51.1 Å². The molecule has 0 amide bonds. The molecule has 1 heterocycles. The molecule has 4 nitrogen and oxygen atoms in total. The Balaban J connectivity index is 2.27.